The number of allylic oxidation sites excluding steroid dienone is 1. The second kappa shape index (κ2) is 8.21. The van der Waals surface area contributed by atoms with Gasteiger partial charge in [-0.15, -0.1) is 18.3 Å². The van der Waals surface area contributed by atoms with E-state index in [0.29, 0.717) is 0 Å². The summed E-state index contributed by atoms with van der Waals surface area (Å²) >= 11 is 1.98. The Labute approximate surface area is 96.6 Å². The molecular weight excluding hydrogens is 236 g/mol. The molecule has 0 radical (unpaired) electrons. The van der Waals surface area contributed by atoms with Crippen molar-refractivity contribution in [2.75, 3.05) is 11.5 Å². The van der Waals surface area contributed by atoms with E-state index in [1.54, 1.807) is 0 Å². The van der Waals surface area contributed by atoms with Crippen LogP contribution in [0.2, 0.25) is 0 Å². The van der Waals surface area contributed by atoms with E-state index in [1.807, 2.05) is 49.3 Å². The van der Waals surface area contributed by atoms with E-state index in [4.69, 9.17) is 0 Å². The average molecular weight is 250 g/mol. The molecule has 1 heterocycles. The van der Waals surface area contributed by atoms with E-state index in [-0.39, 0.29) is 0 Å². The first-order valence-corrected chi connectivity index (χ1v) is 9.02. The summed E-state index contributed by atoms with van der Waals surface area (Å²) in [6, 6.07) is 0. The summed E-state index contributed by atoms with van der Waals surface area (Å²) in [5.74, 6) is 2.32. The van der Waals surface area contributed by atoms with Gasteiger partial charge >= 0.3 is 0 Å². The molecule has 0 spiro atoms. The van der Waals surface area contributed by atoms with Crippen LogP contribution in [-0.4, -0.2) is 16.8 Å². The monoisotopic (exact) mass is 250 g/mol. The predicted octanol–water partition coefficient (Wildman–Crippen LogP) is 4.61. The minimum Gasteiger partial charge on any atom is -0.130 e. The lowest BCUT2D eigenvalue weighted by atomic mass is 10.2. The first-order chi connectivity index (χ1) is 6.43. The largest absolute Gasteiger partial charge is 0.130 e. The van der Waals surface area contributed by atoms with E-state index in [1.165, 1.54) is 18.6 Å². The molecule has 0 aliphatic carbocycles. The molecule has 1 unspecified atom stereocenters. The zero-order valence-electron chi connectivity index (χ0n) is 7.48. The lowest BCUT2D eigenvalue weighted by Gasteiger charge is -2.15. The Morgan fingerprint density at radius 2 is 2.46 bits per heavy atom. The van der Waals surface area contributed by atoms with Crippen LogP contribution in [0.4, 0.5) is 0 Å². The third-order valence-electron chi connectivity index (χ3n) is 1.56. The van der Waals surface area contributed by atoms with Crippen molar-refractivity contribution in [1.29, 1.82) is 0 Å². The lowest BCUT2D eigenvalue weighted by molar-refractivity contribution is 0.836. The fraction of sp³-hybridized carbons (Fsp3) is 0.556. The Bertz CT molecular complexity index is 167. The fourth-order valence-corrected chi connectivity index (χ4v) is 5.96. The zero-order valence-corrected chi connectivity index (χ0v) is 10.7. The fourth-order valence-electron chi connectivity index (χ4n) is 0.921. The van der Waals surface area contributed by atoms with Crippen LogP contribution in [0.1, 0.15) is 12.8 Å². The summed E-state index contributed by atoms with van der Waals surface area (Å²) in [4.78, 5) is 0. The second-order valence-corrected chi connectivity index (χ2v) is 8.17. The number of thioether (sulfide) groups is 1. The van der Waals surface area contributed by atoms with Crippen molar-refractivity contribution in [2.24, 2.45) is 0 Å². The summed E-state index contributed by atoms with van der Waals surface area (Å²) in [6.45, 7) is 3.69. The van der Waals surface area contributed by atoms with Gasteiger partial charge in [-0.05, 0) is 28.1 Å². The van der Waals surface area contributed by atoms with Gasteiger partial charge in [0.2, 0.25) is 0 Å². The van der Waals surface area contributed by atoms with Gasteiger partial charge in [0.15, 0.2) is 0 Å². The molecule has 0 fully saturated rings. The Morgan fingerprint density at radius 3 is 3.15 bits per heavy atom. The van der Waals surface area contributed by atoms with Crippen molar-refractivity contribution < 1.29 is 0 Å². The van der Waals surface area contributed by atoms with Gasteiger partial charge in [-0.25, -0.2) is 0 Å². The molecule has 0 bridgehead atoms. The molecule has 0 aromatic carbocycles. The highest BCUT2D eigenvalue weighted by Crippen LogP contribution is 2.38. The maximum absolute atomic E-state index is 3.69. The summed E-state index contributed by atoms with van der Waals surface area (Å²) in [6.07, 6.45) is 6.84. The van der Waals surface area contributed by atoms with E-state index < -0.39 is 0 Å². The standard InChI is InChI=1S/C9H14S4/c1-2-6-11-13-12-8-9-5-3-4-7-10-9/h2,4,7,9H,1,3,5-6,8H2. The van der Waals surface area contributed by atoms with E-state index in [2.05, 4.69) is 18.1 Å². The lowest BCUT2D eigenvalue weighted by Crippen LogP contribution is -2.05. The first kappa shape index (κ1) is 12.0. The van der Waals surface area contributed by atoms with Gasteiger partial charge in [-0.3, -0.25) is 0 Å². The molecule has 0 amide bonds. The Balaban J connectivity index is 1.93. The molecule has 1 rings (SSSR count). The van der Waals surface area contributed by atoms with Gasteiger partial charge in [-0.1, -0.05) is 33.7 Å². The quantitative estimate of drug-likeness (QED) is 0.383. The topological polar surface area (TPSA) is 0 Å². The molecule has 0 aromatic heterocycles. The highest BCUT2D eigenvalue weighted by atomic mass is 33.5. The molecule has 1 atom stereocenters. The maximum Gasteiger partial charge on any atom is 0.0223 e. The zero-order chi connectivity index (χ0) is 9.36. The Hall–Kier alpha value is 0.880. The second-order valence-electron chi connectivity index (χ2n) is 2.63. The molecule has 1 aliphatic heterocycles. The number of hydrogen-bond donors (Lipinski definition) is 0. The molecule has 0 saturated heterocycles. The predicted molar refractivity (Wildman–Crippen MR) is 72.5 cm³/mol. The minimum absolute atomic E-state index is 0.840. The molecule has 0 N–H and O–H groups in total. The number of hydrogen-bond acceptors (Lipinski definition) is 4. The summed E-state index contributed by atoms with van der Waals surface area (Å²) < 4.78 is 0. The van der Waals surface area contributed by atoms with E-state index in [0.717, 1.165) is 11.0 Å². The van der Waals surface area contributed by atoms with Crippen LogP contribution in [0.15, 0.2) is 24.1 Å². The molecule has 74 valence electrons. The minimum atomic E-state index is 0.840. The average Bonchev–Trinajstić information content (AvgIpc) is 2.19. The highest BCUT2D eigenvalue weighted by Gasteiger charge is 2.10. The van der Waals surface area contributed by atoms with Crippen LogP contribution in [-0.2, 0) is 0 Å². The van der Waals surface area contributed by atoms with E-state index in [9.17, 15) is 0 Å². The highest BCUT2D eigenvalue weighted by molar-refractivity contribution is 9.09. The van der Waals surface area contributed by atoms with Gasteiger partial charge in [0, 0.05) is 16.8 Å². The van der Waals surface area contributed by atoms with Crippen molar-refractivity contribution >= 4 is 43.2 Å². The molecule has 0 aromatic rings. The SMILES string of the molecule is C=CCSSSCC1CCC=CS1. The Kier molecular flexibility index (Phi) is 7.55. The van der Waals surface area contributed by atoms with Crippen molar-refractivity contribution in [3.63, 3.8) is 0 Å². The number of rotatable bonds is 6. The third-order valence-corrected chi connectivity index (χ3v) is 7.14. The van der Waals surface area contributed by atoms with Crippen LogP contribution in [0.5, 0.6) is 0 Å². The van der Waals surface area contributed by atoms with Crippen molar-refractivity contribution in [2.45, 2.75) is 18.1 Å². The summed E-state index contributed by atoms with van der Waals surface area (Å²) in [5.41, 5.74) is 0. The molecular formula is C9H14S4. The van der Waals surface area contributed by atoms with Crippen LogP contribution in [0.25, 0.3) is 0 Å². The Morgan fingerprint density at radius 1 is 1.54 bits per heavy atom. The van der Waals surface area contributed by atoms with Crippen molar-refractivity contribution in [1.82, 2.24) is 0 Å². The van der Waals surface area contributed by atoms with Gasteiger partial charge in [0.05, 0.1) is 0 Å². The van der Waals surface area contributed by atoms with Gasteiger partial charge < -0.3 is 0 Å². The van der Waals surface area contributed by atoms with Crippen LogP contribution >= 0.6 is 43.2 Å². The van der Waals surface area contributed by atoms with Crippen LogP contribution < -0.4 is 0 Å². The normalized spacial score (nSPS) is 21.7. The third kappa shape index (κ3) is 6.05. The van der Waals surface area contributed by atoms with Gasteiger partial charge in [0.1, 0.15) is 0 Å². The molecule has 0 saturated carbocycles. The maximum atomic E-state index is 3.69. The van der Waals surface area contributed by atoms with Crippen molar-refractivity contribution in [3.8, 4) is 0 Å². The van der Waals surface area contributed by atoms with Crippen LogP contribution in [0, 0.1) is 0 Å². The van der Waals surface area contributed by atoms with Crippen LogP contribution in [0.3, 0.4) is 0 Å². The van der Waals surface area contributed by atoms with E-state index >= 15 is 0 Å². The smallest absolute Gasteiger partial charge is 0.0223 e. The first-order valence-electron chi connectivity index (χ1n) is 4.26. The summed E-state index contributed by atoms with van der Waals surface area (Å²) in [7, 11) is 5.75. The molecule has 0 nitrogen and oxygen atoms in total. The van der Waals surface area contributed by atoms with Gasteiger partial charge in [-0.2, -0.15) is 0 Å². The molecule has 4 heteroatoms. The summed E-state index contributed by atoms with van der Waals surface area (Å²) in [5, 5.41) is 3.09. The molecule has 1 aliphatic rings. The van der Waals surface area contributed by atoms with Gasteiger partial charge in [0.25, 0.3) is 0 Å². The molecule has 13 heavy (non-hydrogen) atoms. The van der Waals surface area contributed by atoms with Crippen molar-refractivity contribution in [3.05, 3.63) is 24.1 Å².